The molecule has 0 spiro atoms. The third-order valence-corrected chi connectivity index (χ3v) is 7.48. The fraction of sp³-hybridized carbons (Fsp3) is 0.364. The van der Waals surface area contributed by atoms with Crippen LogP contribution in [0.4, 0.5) is 20.6 Å². The van der Waals surface area contributed by atoms with Gasteiger partial charge in [-0.2, -0.15) is 0 Å². The number of nitrogens with one attached hydrogen (secondary N) is 2. The minimum atomic E-state index is -4.16. The Morgan fingerprint density at radius 2 is 1.83 bits per heavy atom. The summed E-state index contributed by atoms with van der Waals surface area (Å²) < 4.78 is 50.5. The molecule has 1 unspecified atom stereocenters. The number of anilines is 2. The number of rotatable bonds is 7. The monoisotopic (exact) mass is 579 g/mol. The topological polar surface area (TPSA) is 114 Å². The molecule has 4 rings (SSSR count). The maximum absolute atomic E-state index is 13.5. The van der Waals surface area contributed by atoms with E-state index in [2.05, 4.69) is 10.6 Å². The Hall–Kier alpha value is -2.47. The van der Waals surface area contributed by atoms with Crippen molar-refractivity contribution in [2.75, 3.05) is 29.3 Å². The molecule has 1 saturated carbocycles. The molecular formula is C22H21Cl3FN3O6S. The van der Waals surface area contributed by atoms with Gasteiger partial charge in [-0.1, -0.05) is 34.8 Å². The molecule has 1 fully saturated rings. The fourth-order valence-corrected chi connectivity index (χ4v) is 5.13. The van der Waals surface area contributed by atoms with Crippen molar-refractivity contribution in [2.24, 2.45) is 5.92 Å². The van der Waals surface area contributed by atoms with Gasteiger partial charge in [-0.15, -0.1) is 0 Å². The number of carbonyl (C=O) groups excluding carboxylic acids is 2. The first-order valence-electron chi connectivity index (χ1n) is 10.8. The van der Waals surface area contributed by atoms with Crippen molar-refractivity contribution in [3.63, 3.8) is 0 Å². The zero-order valence-corrected chi connectivity index (χ0v) is 21.6. The Balaban J connectivity index is 1.60. The summed E-state index contributed by atoms with van der Waals surface area (Å²) in [4.78, 5) is 24.0. The molecule has 1 aliphatic carbocycles. The first kappa shape index (κ1) is 26.6. The smallest absolute Gasteiger partial charge is 0.411 e. The number of amides is 2. The van der Waals surface area contributed by atoms with Crippen molar-refractivity contribution < 1.29 is 31.9 Å². The molecule has 9 nitrogen and oxygen atoms in total. The molecular weight excluding hydrogens is 560 g/mol. The second-order valence-electron chi connectivity index (χ2n) is 8.25. The molecule has 0 aromatic heterocycles. The third-order valence-electron chi connectivity index (χ3n) is 5.36. The number of halogens is 4. The van der Waals surface area contributed by atoms with Gasteiger partial charge in [0.05, 0.1) is 23.7 Å². The van der Waals surface area contributed by atoms with Crippen LogP contribution in [0.3, 0.4) is 0 Å². The van der Waals surface area contributed by atoms with E-state index < -0.39 is 38.4 Å². The molecule has 2 N–H and O–H groups in total. The van der Waals surface area contributed by atoms with Crippen molar-refractivity contribution >= 4 is 68.2 Å². The molecule has 2 aromatic carbocycles. The van der Waals surface area contributed by atoms with Gasteiger partial charge in [0.25, 0.3) is 10.0 Å². The van der Waals surface area contributed by atoms with Crippen LogP contribution in [0.15, 0.2) is 47.4 Å². The number of ether oxygens (including phenoxy) is 2. The highest BCUT2D eigenvalue weighted by Gasteiger charge is 2.36. The molecule has 2 aromatic rings. The maximum atomic E-state index is 13.5. The highest BCUT2D eigenvalue weighted by Crippen LogP contribution is 2.39. The Labute approximate surface area is 221 Å². The second-order valence-corrected chi connectivity index (χ2v) is 12.6. The molecule has 36 heavy (non-hydrogen) atoms. The number of hydrogen-bond acceptors (Lipinski definition) is 6. The Kier molecular flexibility index (Phi) is 7.75. The molecule has 1 aliphatic heterocycles. The predicted molar refractivity (Wildman–Crippen MR) is 133 cm³/mol. The number of benzene rings is 2. The molecule has 0 bridgehead atoms. The maximum Gasteiger partial charge on any atom is 0.411 e. The molecule has 2 aliphatic rings. The zero-order valence-electron chi connectivity index (χ0n) is 18.5. The SMILES string of the molecule is O=C(Nc1ccc2c(c1)N(S(=O)(=O)c1ccc(F)cc1)CC(CNC(=O)C1CC1)O2)OCC(Cl)(Cl)Cl. The molecule has 0 saturated heterocycles. The minimum Gasteiger partial charge on any atom is -0.484 e. The van der Waals surface area contributed by atoms with E-state index in [-0.39, 0.29) is 46.9 Å². The van der Waals surface area contributed by atoms with Gasteiger partial charge < -0.3 is 14.8 Å². The molecule has 1 heterocycles. The van der Waals surface area contributed by atoms with Gasteiger partial charge in [-0.25, -0.2) is 17.6 Å². The van der Waals surface area contributed by atoms with E-state index in [1.54, 1.807) is 0 Å². The summed E-state index contributed by atoms with van der Waals surface area (Å²) in [5, 5.41) is 5.22. The van der Waals surface area contributed by atoms with Crippen molar-refractivity contribution in [2.45, 2.75) is 27.6 Å². The lowest BCUT2D eigenvalue weighted by Crippen LogP contribution is -2.48. The zero-order chi connectivity index (χ0) is 26.1. The minimum absolute atomic E-state index is 0.0186. The van der Waals surface area contributed by atoms with E-state index in [4.69, 9.17) is 44.3 Å². The van der Waals surface area contributed by atoms with Crippen LogP contribution in [-0.2, 0) is 19.6 Å². The molecule has 1 atom stereocenters. The van der Waals surface area contributed by atoms with Gasteiger partial charge in [0.1, 0.15) is 24.3 Å². The normalized spacial score (nSPS) is 17.6. The quantitative estimate of drug-likeness (QED) is 0.474. The van der Waals surface area contributed by atoms with Gasteiger partial charge in [-0.05, 0) is 55.3 Å². The van der Waals surface area contributed by atoms with Crippen LogP contribution in [0.2, 0.25) is 0 Å². The van der Waals surface area contributed by atoms with Crippen LogP contribution in [0, 0.1) is 11.7 Å². The van der Waals surface area contributed by atoms with Crippen LogP contribution >= 0.6 is 34.8 Å². The Morgan fingerprint density at radius 1 is 1.14 bits per heavy atom. The van der Waals surface area contributed by atoms with Gasteiger partial charge in [-0.3, -0.25) is 14.4 Å². The summed E-state index contributed by atoms with van der Waals surface area (Å²) in [6.07, 6.45) is 0.0334. The van der Waals surface area contributed by atoms with Gasteiger partial charge in [0.2, 0.25) is 9.70 Å². The molecule has 0 radical (unpaired) electrons. The van der Waals surface area contributed by atoms with Crippen molar-refractivity contribution in [3.8, 4) is 5.75 Å². The number of alkyl halides is 3. The van der Waals surface area contributed by atoms with Crippen molar-refractivity contribution in [3.05, 3.63) is 48.3 Å². The average Bonchev–Trinajstić information content (AvgIpc) is 3.66. The van der Waals surface area contributed by atoms with Crippen LogP contribution < -0.4 is 19.7 Å². The Bertz CT molecular complexity index is 1250. The number of fused-ring (bicyclic) bond motifs is 1. The second kappa shape index (κ2) is 10.5. The van der Waals surface area contributed by atoms with E-state index in [9.17, 15) is 22.4 Å². The van der Waals surface area contributed by atoms with Crippen LogP contribution in [0.25, 0.3) is 0 Å². The van der Waals surface area contributed by atoms with E-state index in [1.807, 2.05) is 0 Å². The summed E-state index contributed by atoms with van der Waals surface area (Å²) >= 11 is 16.7. The average molecular weight is 581 g/mol. The highest BCUT2D eigenvalue weighted by molar-refractivity contribution is 7.92. The van der Waals surface area contributed by atoms with E-state index in [0.717, 1.165) is 41.4 Å². The molecule has 194 valence electrons. The van der Waals surface area contributed by atoms with Crippen LogP contribution in [0.5, 0.6) is 5.75 Å². The summed E-state index contributed by atoms with van der Waals surface area (Å²) in [5.74, 6) is -0.505. The third kappa shape index (κ3) is 6.64. The lowest BCUT2D eigenvalue weighted by Gasteiger charge is -2.35. The van der Waals surface area contributed by atoms with Crippen molar-refractivity contribution in [1.29, 1.82) is 0 Å². The number of nitrogens with zero attached hydrogens (tertiary/aromatic N) is 1. The lowest BCUT2D eigenvalue weighted by molar-refractivity contribution is -0.122. The largest absolute Gasteiger partial charge is 0.484 e. The first-order valence-corrected chi connectivity index (χ1v) is 13.4. The van der Waals surface area contributed by atoms with Crippen molar-refractivity contribution in [1.82, 2.24) is 5.32 Å². The Morgan fingerprint density at radius 3 is 2.47 bits per heavy atom. The predicted octanol–water partition coefficient (Wildman–Crippen LogP) is 4.23. The molecule has 2 amide bonds. The van der Waals surface area contributed by atoms with Gasteiger partial charge >= 0.3 is 6.09 Å². The summed E-state index contributed by atoms with van der Waals surface area (Å²) in [5.41, 5.74) is 0.315. The molecule has 14 heteroatoms. The first-order chi connectivity index (χ1) is 16.9. The number of hydrogen-bond donors (Lipinski definition) is 2. The summed E-state index contributed by atoms with van der Waals surface area (Å²) in [7, 11) is -4.16. The van der Waals surface area contributed by atoms with E-state index in [1.165, 1.54) is 18.2 Å². The fourth-order valence-electron chi connectivity index (χ4n) is 3.46. The number of sulfonamides is 1. The standard InChI is InChI=1S/C22H21Cl3FN3O6S/c23-22(24,25)12-34-21(31)28-15-5-8-19-18(9-15)29(36(32,33)17-6-3-14(26)4-7-17)11-16(35-19)10-27-20(30)13-1-2-13/h3-9,13,16H,1-2,10-12H2,(H,27,30)(H,28,31). The van der Waals surface area contributed by atoms with Crippen LogP contribution in [0.1, 0.15) is 12.8 Å². The van der Waals surface area contributed by atoms with Gasteiger partial charge in [0.15, 0.2) is 0 Å². The van der Waals surface area contributed by atoms with E-state index >= 15 is 0 Å². The summed E-state index contributed by atoms with van der Waals surface area (Å²) in [6, 6.07) is 8.72. The van der Waals surface area contributed by atoms with E-state index in [0.29, 0.717) is 0 Å². The van der Waals surface area contributed by atoms with Crippen LogP contribution in [-0.4, -0.2) is 50.0 Å². The summed E-state index contributed by atoms with van der Waals surface area (Å²) in [6.45, 7) is -0.552. The lowest BCUT2D eigenvalue weighted by atomic mass is 10.2. The number of carbonyl (C=O) groups is 2. The van der Waals surface area contributed by atoms with Gasteiger partial charge in [0, 0.05) is 11.6 Å². The highest BCUT2D eigenvalue weighted by atomic mass is 35.6.